The number of carbonyl (C=O) groups is 2. The Bertz CT molecular complexity index is 1020. The van der Waals surface area contributed by atoms with Crippen molar-refractivity contribution in [3.05, 3.63) is 53.6 Å². The summed E-state index contributed by atoms with van der Waals surface area (Å²) >= 11 is 0. The van der Waals surface area contributed by atoms with Gasteiger partial charge in [-0.2, -0.15) is 0 Å². The Labute approximate surface area is 154 Å². The van der Waals surface area contributed by atoms with Crippen molar-refractivity contribution >= 4 is 28.8 Å². The zero-order valence-corrected chi connectivity index (χ0v) is 14.8. The van der Waals surface area contributed by atoms with Crippen LogP contribution in [0.2, 0.25) is 0 Å². The highest BCUT2D eigenvalue weighted by Crippen LogP contribution is 2.25. The Kier molecular flexibility index (Phi) is 4.89. The van der Waals surface area contributed by atoms with Crippen LogP contribution in [0.4, 0.5) is 0 Å². The van der Waals surface area contributed by atoms with E-state index in [1.807, 2.05) is 0 Å². The summed E-state index contributed by atoms with van der Waals surface area (Å²) in [5.74, 6) is -0.566. The van der Waals surface area contributed by atoms with Crippen LogP contribution in [0.1, 0.15) is 22.8 Å². The van der Waals surface area contributed by atoms with Crippen LogP contribution in [-0.2, 0) is 9.53 Å². The number of benzene rings is 2. The van der Waals surface area contributed by atoms with E-state index in [1.165, 1.54) is 7.11 Å². The average Bonchev–Trinajstić information content (AvgIpc) is 3.10. The number of methoxy groups -OCH3 is 1. The van der Waals surface area contributed by atoms with Crippen molar-refractivity contribution in [2.75, 3.05) is 7.11 Å². The van der Waals surface area contributed by atoms with Gasteiger partial charge in [0.1, 0.15) is 17.4 Å². The van der Waals surface area contributed by atoms with Gasteiger partial charge >= 0.3 is 5.97 Å². The Morgan fingerprint density at radius 2 is 1.85 bits per heavy atom. The second-order valence-electron chi connectivity index (χ2n) is 5.91. The Morgan fingerprint density at radius 1 is 1.19 bits per heavy atom. The molecule has 0 aliphatic heterocycles. The fraction of sp³-hybridized carbons (Fsp3) is 0.158. The van der Waals surface area contributed by atoms with Crippen LogP contribution < -0.4 is 11.1 Å². The summed E-state index contributed by atoms with van der Waals surface area (Å²) in [7, 11) is 1.26. The standard InChI is InChI=1S/C19H18N4O4/c1-10(19(25)26-2)22-17(24)13-7-8-15-14(9-13)23-18(27-15)12-5-3-11(4-6-12)16(20)21/h3-10H,1-2H3,(H3,20,21)(H,22,24). The zero-order valence-electron chi connectivity index (χ0n) is 14.8. The van der Waals surface area contributed by atoms with Crippen LogP contribution in [0.5, 0.6) is 0 Å². The minimum atomic E-state index is -0.758. The highest BCUT2D eigenvalue weighted by atomic mass is 16.5. The third-order valence-corrected chi connectivity index (χ3v) is 3.99. The maximum Gasteiger partial charge on any atom is 0.328 e. The van der Waals surface area contributed by atoms with Crippen LogP contribution in [-0.4, -0.2) is 35.8 Å². The number of amides is 1. The summed E-state index contributed by atoms with van der Waals surface area (Å²) in [5, 5.41) is 9.98. The SMILES string of the molecule is COC(=O)C(C)NC(=O)c1ccc2oc(-c3ccc(C(=N)N)cc3)nc2c1. The molecule has 3 rings (SSSR count). The van der Waals surface area contributed by atoms with Gasteiger partial charge in [-0.1, -0.05) is 12.1 Å². The van der Waals surface area contributed by atoms with E-state index >= 15 is 0 Å². The predicted molar refractivity (Wildman–Crippen MR) is 99.4 cm³/mol. The molecular weight excluding hydrogens is 348 g/mol. The van der Waals surface area contributed by atoms with Gasteiger partial charge in [-0.25, -0.2) is 9.78 Å². The molecule has 0 saturated heterocycles. The molecule has 0 spiro atoms. The van der Waals surface area contributed by atoms with E-state index in [1.54, 1.807) is 49.4 Å². The molecular formula is C19H18N4O4. The minimum Gasteiger partial charge on any atom is -0.467 e. The van der Waals surface area contributed by atoms with Crippen LogP contribution >= 0.6 is 0 Å². The quantitative estimate of drug-likeness (QED) is 0.360. The molecule has 27 heavy (non-hydrogen) atoms. The Balaban J connectivity index is 1.85. The number of aromatic nitrogens is 1. The lowest BCUT2D eigenvalue weighted by Crippen LogP contribution is -2.39. The molecule has 0 aliphatic rings. The molecule has 8 heteroatoms. The fourth-order valence-corrected chi connectivity index (χ4v) is 2.50. The number of nitrogen functional groups attached to an aromatic ring is 1. The van der Waals surface area contributed by atoms with Crippen molar-refractivity contribution in [3.63, 3.8) is 0 Å². The molecule has 2 aromatic carbocycles. The molecule has 3 aromatic rings. The van der Waals surface area contributed by atoms with Crippen molar-refractivity contribution in [3.8, 4) is 11.5 Å². The van der Waals surface area contributed by atoms with Gasteiger partial charge in [0.15, 0.2) is 5.58 Å². The van der Waals surface area contributed by atoms with Crippen molar-refractivity contribution in [1.29, 1.82) is 5.41 Å². The molecule has 1 heterocycles. The van der Waals surface area contributed by atoms with Gasteiger partial charge in [0.25, 0.3) is 5.91 Å². The normalized spacial score (nSPS) is 11.8. The zero-order chi connectivity index (χ0) is 19.6. The maximum absolute atomic E-state index is 12.3. The molecule has 1 aromatic heterocycles. The summed E-state index contributed by atoms with van der Waals surface area (Å²) in [6, 6.07) is 11.0. The van der Waals surface area contributed by atoms with Crippen molar-refractivity contribution < 1.29 is 18.7 Å². The first-order valence-electron chi connectivity index (χ1n) is 8.13. The van der Waals surface area contributed by atoms with E-state index in [-0.39, 0.29) is 5.84 Å². The van der Waals surface area contributed by atoms with Crippen LogP contribution in [0.15, 0.2) is 46.9 Å². The second-order valence-corrected chi connectivity index (χ2v) is 5.91. The molecule has 1 amide bonds. The summed E-state index contributed by atoms with van der Waals surface area (Å²) in [4.78, 5) is 28.1. The summed E-state index contributed by atoms with van der Waals surface area (Å²) in [6.07, 6.45) is 0. The van der Waals surface area contributed by atoms with Crippen molar-refractivity contribution in [2.24, 2.45) is 5.73 Å². The second kappa shape index (κ2) is 7.28. The average molecular weight is 366 g/mol. The molecule has 8 nitrogen and oxygen atoms in total. The van der Waals surface area contributed by atoms with E-state index < -0.39 is 17.9 Å². The largest absolute Gasteiger partial charge is 0.467 e. The predicted octanol–water partition coefficient (Wildman–Crippen LogP) is 2.07. The number of ether oxygens (including phenoxy) is 1. The molecule has 0 saturated carbocycles. The lowest BCUT2D eigenvalue weighted by atomic mass is 10.1. The summed E-state index contributed by atoms with van der Waals surface area (Å²) < 4.78 is 10.3. The first-order chi connectivity index (χ1) is 12.9. The highest BCUT2D eigenvalue weighted by Gasteiger charge is 2.18. The topological polar surface area (TPSA) is 131 Å². The lowest BCUT2D eigenvalue weighted by Gasteiger charge is -2.11. The fourth-order valence-electron chi connectivity index (χ4n) is 2.50. The van der Waals surface area contributed by atoms with E-state index in [2.05, 4.69) is 15.0 Å². The van der Waals surface area contributed by atoms with Crippen molar-refractivity contribution in [2.45, 2.75) is 13.0 Å². The number of hydrogen-bond donors (Lipinski definition) is 3. The van der Waals surface area contributed by atoms with Gasteiger partial charge in [-0.05, 0) is 37.3 Å². The maximum atomic E-state index is 12.3. The Hall–Kier alpha value is -3.68. The third kappa shape index (κ3) is 3.79. The molecule has 0 fully saturated rings. The number of nitrogens with one attached hydrogen (secondary N) is 2. The smallest absolute Gasteiger partial charge is 0.328 e. The van der Waals surface area contributed by atoms with E-state index in [4.69, 9.17) is 15.6 Å². The molecule has 1 unspecified atom stereocenters. The van der Waals surface area contributed by atoms with Crippen LogP contribution in [0, 0.1) is 5.41 Å². The lowest BCUT2D eigenvalue weighted by molar-refractivity contribution is -0.142. The minimum absolute atomic E-state index is 0.0176. The third-order valence-electron chi connectivity index (χ3n) is 3.99. The van der Waals surface area contributed by atoms with Crippen LogP contribution in [0.3, 0.4) is 0 Å². The number of esters is 1. The number of nitrogens with zero attached hydrogens (tertiary/aromatic N) is 1. The molecule has 138 valence electrons. The number of hydrogen-bond acceptors (Lipinski definition) is 6. The van der Waals surface area contributed by atoms with Crippen molar-refractivity contribution in [1.82, 2.24) is 10.3 Å². The van der Waals surface area contributed by atoms with Gasteiger partial charge in [-0.3, -0.25) is 10.2 Å². The van der Waals surface area contributed by atoms with Gasteiger partial charge < -0.3 is 20.2 Å². The monoisotopic (exact) mass is 366 g/mol. The van der Waals surface area contributed by atoms with E-state index in [9.17, 15) is 9.59 Å². The van der Waals surface area contributed by atoms with Gasteiger partial charge in [-0.15, -0.1) is 0 Å². The first kappa shape index (κ1) is 18.1. The number of carbonyl (C=O) groups excluding carboxylic acids is 2. The summed E-state index contributed by atoms with van der Waals surface area (Å²) in [6.45, 7) is 1.54. The summed E-state index contributed by atoms with van der Waals surface area (Å²) in [5.41, 5.74) is 8.17. The van der Waals surface area contributed by atoms with Gasteiger partial charge in [0.2, 0.25) is 5.89 Å². The Morgan fingerprint density at radius 3 is 2.48 bits per heavy atom. The van der Waals surface area contributed by atoms with E-state index in [0.29, 0.717) is 28.1 Å². The highest BCUT2D eigenvalue weighted by molar-refractivity contribution is 5.99. The van der Waals surface area contributed by atoms with Crippen LogP contribution in [0.25, 0.3) is 22.6 Å². The molecule has 0 aliphatic carbocycles. The van der Waals surface area contributed by atoms with E-state index in [0.717, 1.165) is 5.56 Å². The number of fused-ring (bicyclic) bond motifs is 1. The molecule has 1 atom stereocenters. The number of nitrogens with two attached hydrogens (primary N) is 1. The first-order valence-corrected chi connectivity index (χ1v) is 8.13. The van der Waals surface area contributed by atoms with Gasteiger partial charge in [0.05, 0.1) is 7.11 Å². The number of rotatable bonds is 5. The number of oxazole rings is 1. The van der Waals surface area contributed by atoms with Gasteiger partial charge in [0, 0.05) is 16.7 Å². The number of amidine groups is 1. The molecule has 0 bridgehead atoms. The molecule has 4 N–H and O–H groups in total. The molecule has 0 radical (unpaired) electrons.